The lowest BCUT2D eigenvalue weighted by Gasteiger charge is -2.20. The highest BCUT2D eigenvalue weighted by molar-refractivity contribution is 5.80. The van der Waals surface area contributed by atoms with Gasteiger partial charge in [0.15, 0.2) is 5.96 Å². The van der Waals surface area contributed by atoms with E-state index >= 15 is 0 Å². The van der Waals surface area contributed by atoms with E-state index in [4.69, 9.17) is 0 Å². The van der Waals surface area contributed by atoms with Crippen molar-refractivity contribution in [1.29, 1.82) is 0 Å². The van der Waals surface area contributed by atoms with Crippen LogP contribution in [0.25, 0.3) is 0 Å². The molecule has 132 valence electrons. The Bertz CT molecular complexity index is 721. The molecule has 0 saturated carbocycles. The van der Waals surface area contributed by atoms with Crippen LogP contribution in [0.3, 0.4) is 0 Å². The molecular weight excluding hydrogens is 308 g/mol. The summed E-state index contributed by atoms with van der Waals surface area (Å²) in [6, 6.07) is 17.7. The highest BCUT2D eigenvalue weighted by Crippen LogP contribution is 2.20. The Morgan fingerprint density at radius 3 is 2.60 bits per heavy atom. The van der Waals surface area contributed by atoms with E-state index in [0.29, 0.717) is 6.04 Å². The Kier molecular flexibility index (Phi) is 5.59. The molecule has 1 unspecified atom stereocenters. The molecule has 1 aliphatic heterocycles. The predicted molar refractivity (Wildman–Crippen MR) is 106 cm³/mol. The van der Waals surface area contributed by atoms with Crippen LogP contribution in [0.15, 0.2) is 53.5 Å². The number of nitrogens with zero attached hydrogens (tertiary/aromatic N) is 2. The third-order valence-electron chi connectivity index (χ3n) is 4.86. The minimum Gasteiger partial charge on any atom is -0.369 e. The van der Waals surface area contributed by atoms with Gasteiger partial charge in [0.25, 0.3) is 0 Å². The van der Waals surface area contributed by atoms with E-state index < -0.39 is 0 Å². The summed E-state index contributed by atoms with van der Waals surface area (Å²) in [4.78, 5) is 6.82. The van der Waals surface area contributed by atoms with Crippen LogP contribution < -0.4 is 15.5 Å². The van der Waals surface area contributed by atoms with Gasteiger partial charge in [-0.3, -0.25) is 4.99 Å². The summed E-state index contributed by atoms with van der Waals surface area (Å²) >= 11 is 0. The number of aryl methyl sites for hydroxylation is 2. The van der Waals surface area contributed by atoms with Crippen molar-refractivity contribution in [3.05, 3.63) is 65.2 Å². The molecule has 4 heteroatoms. The number of rotatable bonds is 4. The molecule has 0 aromatic heterocycles. The Hall–Kier alpha value is -2.49. The maximum absolute atomic E-state index is 4.38. The summed E-state index contributed by atoms with van der Waals surface area (Å²) in [5.41, 5.74) is 5.21. The third kappa shape index (κ3) is 4.53. The van der Waals surface area contributed by atoms with Crippen LogP contribution in [0.5, 0.6) is 0 Å². The first-order chi connectivity index (χ1) is 12.2. The number of benzene rings is 2. The van der Waals surface area contributed by atoms with Crippen LogP contribution in [0.2, 0.25) is 0 Å². The normalized spacial score (nSPS) is 17.6. The monoisotopic (exact) mass is 336 g/mol. The summed E-state index contributed by atoms with van der Waals surface area (Å²) < 4.78 is 0. The molecule has 3 rings (SSSR count). The van der Waals surface area contributed by atoms with Gasteiger partial charge in [-0.2, -0.15) is 0 Å². The molecule has 0 bridgehead atoms. The second-order valence-corrected chi connectivity index (χ2v) is 6.76. The van der Waals surface area contributed by atoms with Crippen molar-refractivity contribution >= 4 is 11.6 Å². The molecule has 0 radical (unpaired) electrons. The van der Waals surface area contributed by atoms with Crippen LogP contribution >= 0.6 is 0 Å². The largest absolute Gasteiger partial charge is 0.369 e. The Morgan fingerprint density at radius 1 is 1.12 bits per heavy atom. The number of hydrogen-bond donors (Lipinski definition) is 2. The van der Waals surface area contributed by atoms with Crippen molar-refractivity contribution in [2.75, 3.05) is 25.0 Å². The molecule has 1 aliphatic rings. The van der Waals surface area contributed by atoms with Gasteiger partial charge in [0, 0.05) is 38.4 Å². The highest BCUT2D eigenvalue weighted by atomic mass is 15.2. The van der Waals surface area contributed by atoms with Gasteiger partial charge in [-0.05, 0) is 43.5 Å². The quantitative estimate of drug-likeness (QED) is 0.665. The van der Waals surface area contributed by atoms with Crippen LogP contribution in [0, 0.1) is 13.8 Å². The van der Waals surface area contributed by atoms with Gasteiger partial charge in [0.2, 0.25) is 0 Å². The molecule has 0 amide bonds. The average molecular weight is 336 g/mol. The Balaban J connectivity index is 1.53. The second kappa shape index (κ2) is 8.06. The lowest BCUT2D eigenvalue weighted by molar-refractivity contribution is 0.648. The van der Waals surface area contributed by atoms with E-state index in [1.54, 1.807) is 0 Å². The smallest absolute Gasteiger partial charge is 0.191 e. The van der Waals surface area contributed by atoms with Crippen LogP contribution in [-0.2, 0) is 6.54 Å². The molecule has 2 N–H and O–H groups in total. The molecular formula is C21H28N4. The van der Waals surface area contributed by atoms with Crippen molar-refractivity contribution in [3.63, 3.8) is 0 Å². The maximum Gasteiger partial charge on any atom is 0.191 e. The van der Waals surface area contributed by atoms with Gasteiger partial charge < -0.3 is 15.5 Å². The van der Waals surface area contributed by atoms with Gasteiger partial charge in [-0.25, -0.2) is 0 Å². The van der Waals surface area contributed by atoms with E-state index in [2.05, 4.69) is 82.9 Å². The zero-order valence-corrected chi connectivity index (χ0v) is 15.4. The molecule has 4 nitrogen and oxygen atoms in total. The van der Waals surface area contributed by atoms with E-state index in [-0.39, 0.29) is 0 Å². The van der Waals surface area contributed by atoms with Crippen molar-refractivity contribution in [2.45, 2.75) is 32.9 Å². The average Bonchev–Trinajstić information content (AvgIpc) is 3.09. The van der Waals surface area contributed by atoms with Gasteiger partial charge in [0.1, 0.15) is 0 Å². The fourth-order valence-corrected chi connectivity index (χ4v) is 3.24. The molecule has 25 heavy (non-hydrogen) atoms. The molecule has 2 aromatic carbocycles. The van der Waals surface area contributed by atoms with Crippen LogP contribution in [0.1, 0.15) is 23.1 Å². The SMILES string of the molecule is CN=C(NCc1ccccc1C)NC1CCN(c2ccc(C)cc2)C1. The second-order valence-electron chi connectivity index (χ2n) is 6.76. The maximum atomic E-state index is 4.38. The third-order valence-corrected chi connectivity index (χ3v) is 4.86. The van der Waals surface area contributed by atoms with Gasteiger partial charge >= 0.3 is 0 Å². The molecule has 2 aromatic rings. The minimum absolute atomic E-state index is 0.421. The lowest BCUT2D eigenvalue weighted by Crippen LogP contribution is -2.44. The van der Waals surface area contributed by atoms with E-state index in [1.807, 2.05) is 7.05 Å². The number of aliphatic imine (C=N–C) groups is 1. The number of anilines is 1. The van der Waals surface area contributed by atoms with Gasteiger partial charge in [-0.1, -0.05) is 42.0 Å². The zero-order chi connectivity index (χ0) is 17.6. The van der Waals surface area contributed by atoms with Crippen molar-refractivity contribution < 1.29 is 0 Å². The fourth-order valence-electron chi connectivity index (χ4n) is 3.24. The summed E-state index contributed by atoms with van der Waals surface area (Å²) in [6.45, 7) is 7.15. The molecule has 1 heterocycles. The highest BCUT2D eigenvalue weighted by Gasteiger charge is 2.23. The lowest BCUT2D eigenvalue weighted by atomic mass is 10.1. The Labute approximate surface area is 151 Å². The first-order valence-electron chi connectivity index (χ1n) is 8.99. The predicted octanol–water partition coefficient (Wildman–Crippen LogP) is 3.25. The van der Waals surface area contributed by atoms with E-state index in [0.717, 1.165) is 32.0 Å². The zero-order valence-electron chi connectivity index (χ0n) is 15.4. The topological polar surface area (TPSA) is 39.7 Å². The van der Waals surface area contributed by atoms with Gasteiger partial charge in [0.05, 0.1) is 0 Å². The molecule has 0 aliphatic carbocycles. The Morgan fingerprint density at radius 2 is 1.88 bits per heavy atom. The van der Waals surface area contributed by atoms with E-state index in [1.165, 1.54) is 22.4 Å². The molecule has 1 saturated heterocycles. The first kappa shape index (κ1) is 17.3. The summed E-state index contributed by atoms with van der Waals surface area (Å²) in [7, 11) is 1.83. The molecule has 1 atom stereocenters. The summed E-state index contributed by atoms with van der Waals surface area (Å²) in [5, 5.41) is 7.00. The standard InChI is InChI=1S/C21H28N4/c1-16-8-10-20(11-9-16)25-13-12-19(15-25)24-21(22-3)23-14-18-7-5-4-6-17(18)2/h4-11,19H,12-15H2,1-3H3,(H2,22,23,24). The van der Waals surface area contributed by atoms with Crippen LogP contribution in [0.4, 0.5) is 5.69 Å². The van der Waals surface area contributed by atoms with Crippen molar-refractivity contribution in [2.24, 2.45) is 4.99 Å². The van der Waals surface area contributed by atoms with Gasteiger partial charge in [-0.15, -0.1) is 0 Å². The van der Waals surface area contributed by atoms with Crippen LogP contribution in [-0.4, -0.2) is 32.1 Å². The molecule has 0 spiro atoms. The number of nitrogens with one attached hydrogen (secondary N) is 2. The van der Waals surface area contributed by atoms with Crippen molar-refractivity contribution in [3.8, 4) is 0 Å². The summed E-state index contributed by atoms with van der Waals surface area (Å²) in [5.74, 6) is 0.874. The number of guanidine groups is 1. The number of hydrogen-bond acceptors (Lipinski definition) is 2. The minimum atomic E-state index is 0.421. The summed E-state index contributed by atoms with van der Waals surface area (Å²) in [6.07, 6.45) is 1.12. The first-order valence-corrected chi connectivity index (χ1v) is 8.99. The van der Waals surface area contributed by atoms with E-state index in [9.17, 15) is 0 Å². The van der Waals surface area contributed by atoms with Crippen molar-refractivity contribution in [1.82, 2.24) is 10.6 Å². The fraction of sp³-hybridized carbons (Fsp3) is 0.381. The molecule has 1 fully saturated rings.